The second-order valence-corrected chi connectivity index (χ2v) is 13.6. The molecule has 0 aromatic carbocycles. The van der Waals surface area contributed by atoms with Gasteiger partial charge in [-0.2, -0.15) is 0 Å². The molecule has 0 amide bonds. The maximum atomic E-state index is 2.41. The van der Waals surface area contributed by atoms with E-state index >= 15 is 0 Å². The first kappa shape index (κ1) is 33.6. The Morgan fingerprint density at radius 2 is 1.57 bits per heavy atom. The smallest absolute Gasteiger partial charge is 0.00371 e. The van der Waals surface area contributed by atoms with E-state index in [1.54, 1.807) is 22.3 Å². The summed E-state index contributed by atoms with van der Waals surface area (Å²) in [5, 5.41) is 0. The number of rotatable bonds is 12. The zero-order valence-corrected chi connectivity index (χ0v) is 27.5. The first-order chi connectivity index (χ1) is 18.8. The van der Waals surface area contributed by atoms with Gasteiger partial charge in [-0.25, -0.2) is 0 Å². The van der Waals surface area contributed by atoms with E-state index in [9.17, 15) is 0 Å². The van der Waals surface area contributed by atoms with E-state index in [1.165, 1.54) is 36.0 Å². The van der Waals surface area contributed by atoms with Crippen molar-refractivity contribution < 1.29 is 0 Å². The van der Waals surface area contributed by atoms with Crippen molar-refractivity contribution in [1.29, 1.82) is 0 Å². The molecule has 218 valence electrons. The van der Waals surface area contributed by atoms with Crippen LogP contribution < -0.4 is 0 Å². The third-order valence-electron chi connectivity index (χ3n) is 8.61. The highest BCUT2D eigenvalue weighted by Gasteiger charge is 2.26. The Morgan fingerprint density at radius 1 is 0.900 bits per heavy atom. The maximum absolute atomic E-state index is 2.41. The summed E-state index contributed by atoms with van der Waals surface area (Å²) in [6.45, 7) is 23.0. The largest absolute Gasteiger partial charge is 0.0837 e. The van der Waals surface area contributed by atoms with E-state index < -0.39 is 0 Å². The van der Waals surface area contributed by atoms with Crippen LogP contribution >= 0.6 is 0 Å². The van der Waals surface area contributed by atoms with Crippen molar-refractivity contribution in [2.24, 2.45) is 16.7 Å². The van der Waals surface area contributed by atoms with Gasteiger partial charge in [0.2, 0.25) is 0 Å². The molecule has 0 aromatic heterocycles. The summed E-state index contributed by atoms with van der Waals surface area (Å²) >= 11 is 0. The lowest BCUT2D eigenvalue weighted by molar-refractivity contribution is 0.376. The van der Waals surface area contributed by atoms with Crippen LogP contribution in [-0.4, -0.2) is 0 Å². The lowest BCUT2D eigenvalue weighted by Crippen LogP contribution is -2.19. The average molecular weight is 539 g/mol. The minimum Gasteiger partial charge on any atom is -0.0837 e. The maximum Gasteiger partial charge on any atom is 0.00371 e. The van der Waals surface area contributed by atoms with Crippen LogP contribution in [0.25, 0.3) is 0 Å². The predicted molar refractivity (Wildman–Crippen MR) is 181 cm³/mol. The van der Waals surface area contributed by atoms with Crippen molar-refractivity contribution in [3.63, 3.8) is 0 Å². The van der Waals surface area contributed by atoms with Gasteiger partial charge in [0.05, 0.1) is 0 Å². The molecular weight excluding hydrogens is 480 g/mol. The molecule has 40 heavy (non-hydrogen) atoms. The van der Waals surface area contributed by atoms with E-state index in [1.807, 2.05) is 0 Å². The van der Waals surface area contributed by atoms with Gasteiger partial charge in [-0.15, -0.1) is 0 Å². The van der Waals surface area contributed by atoms with Crippen LogP contribution in [0.3, 0.4) is 0 Å². The van der Waals surface area contributed by atoms with E-state index in [0.717, 1.165) is 25.7 Å². The highest BCUT2D eigenvalue weighted by Crippen LogP contribution is 2.41. The van der Waals surface area contributed by atoms with Crippen LogP contribution in [-0.2, 0) is 0 Å². The standard InChI is InChI=1S/C40H58/c1-31(19-13-21-33(3)25-27-37-35(5)23-15-29-39(37,7)8)17-11-12-18-32(2)20-14-22-34(4)26-28-38-36(6)24-16-30-40(38,9)10/h11-15,17-21,26,28-29,34H,16,22-25,27,30H2,1-10H3/b12-11+,19-13-,20-14?,28-26+,31-17+,32-18+,33-21-. The van der Waals surface area contributed by atoms with E-state index in [-0.39, 0.29) is 5.41 Å². The summed E-state index contributed by atoms with van der Waals surface area (Å²) in [6.07, 6.45) is 37.7. The van der Waals surface area contributed by atoms with Gasteiger partial charge in [0.25, 0.3) is 0 Å². The van der Waals surface area contributed by atoms with Crippen LogP contribution in [0.5, 0.6) is 0 Å². The second kappa shape index (κ2) is 16.0. The van der Waals surface area contributed by atoms with E-state index in [4.69, 9.17) is 0 Å². The third-order valence-corrected chi connectivity index (χ3v) is 8.61. The fourth-order valence-corrected chi connectivity index (χ4v) is 5.95. The average Bonchev–Trinajstić information content (AvgIpc) is 2.85. The minimum absolute atomic E-state index is 0.200. The molecule has 0 nitrogen and oxygen atoms in total. The van der Waals surface area contributed by atoms with Gasteiger partial charge in [0.1, 0.15) is 0 Å². The molecule has 0 saturated heterocycles. The van der Waals surface area contributed by atoms with Crippen molar-refractivity contribution >= 4 is 0 Å². The van der Waals surface area contributed by atoms with Gasteiger partial charge in [-0.1, -0.05) is 147 Å². The van der Waals surface area contributed by atoms with Crippen molar-refractivity contribution in [1.82, 2.24) is 0 Å². The van der Waals surface area contributed by atoms with Crippen molar-refractivity contribution in [3.8, 4) is 0 Å². The molecule has 0 saturated carbocycles. The molecule has 0 heterocycles. The fraction of sp³-hybridized carbons (Fsp3) is 0.500. The highest BCUT2D eigenvalue weighted by molar-refractivity contribution is 5.34. The number of hydrogen-bond acceptors (Lipinski definition) is 0. The molecule has 0 radical (unpaired) electrons. The quantitative estimate of drug-likeness (QED) is 0.171. The monoisotopic (exact) mass is 538 g/mol. The fourth-order valence-electron chi connectivity index (χ4n) is 5.95. The Balaban J connectivity index is 1.79. The highest BCUT2D eigenvalue weighted by atomic mass is 14.3. The van der Waals surface area contributed by atoms with E-state index in [0.29, 0.717) is 11.3 Å². The zero-order chi connectivity index (χ0) is 29.8. The summed E-state index contributed by atoms with van der Waals surface area (Å²) in [6, 6.07) is 0. The summed E-state index contributed by atoms with van der Waals surface area (Å²) in [4.78, 5) is 0. The molecule has 0 spiro atoms. The summed E-state index contributed by atoms with van der Waals surface area (Å²) in [5.74, 6) is 0.546. The van der Waals surface area contributed by atoms with Gasteiger partial charge in [0.15, 0.2) is 0 Å². The second-order valence-electron chi connectivity index (χ2n) is 13.6. The summed E-state index contributed by atoms with van der Waals surface area (Å²) in [7, 11) is 0. The lowest BCUT2D eigenvalue weighted by atomic mass is 9.72. The molecule has 1 unspecified atom stereocenters. The molecule has 0 aromatic rings. The predicted octanol–water partition coefficient (Wildman–Crippen LogP) is 12.7. The van der Waals surface area contributed by atoms with Crippen LogP contribution in [0, 0.1) is 16.7 Å². The van der Waals surface area contributed by atoms with Gasteiger partial charge >= 0.3 is 0 Å². The Morgan fingerprint density at radius 3 is 2.23 bits per heavy atom. The Labute approximate surface area is 248 Å². The van der Waals surface area contributed by atoms with E-state index in [2.05, 4.69) is 148 Å². The van der Waals surface area contributed by atoms with Crippen molar-refractivity contribution in [2.75, 3.05) is 0 Å². The number of allylic oxidation sites excluding steroid dienone is 20. The molecule has 0 aliphatic heterocycles. The lowest BCUT2D eigenvalue weighted by Gasteiger charge is -2.33. The van der Waals surface area contributed by atoms with Crippen LogP contribution in [0.4, 0.5) is 0 Å². The summed E-state index contributed by atoms with van der Waals surface area (Å²) in [5.41, 5.74) is 10.8. The molecule has 0 fully saturated rings. The van der Waals surface area contributed by atoms with Gasteiger partial charge in [-0.3, -0.25) is 0 Å². The first-order valence-corrected chi connectivity index (χ1v) is 15.6. The van der Waals surface area contributed by atoms with Crippen molar-refractivity contribution in [2.45, 2.75) is 114 Å². The molecule has 2 aliphatic rings. The molecular formula is C40H58. The summed E-state index contributed by atoms with van der Waals surface area (Å²) < 4.78 is 0. The Kier molecular flexibility index (Phi) is 13.4. The number of hydrogen-bond donors (Lipinski definition) is 0. The topological polar surface area (TPSA) is 0 Å². The molecule has 2 rings (SSSR count). The molecule has 0 heteroatoms. The molecule has 2 aliphatic carbocycles. The molecule has 0 N–H and O–H groups in total. The van der Waals surface area contributed by atoms with Gasteiger partial charge in [0, 0.05) is 5.41 Å². The zero-order valence-electron chi connectivity index (χ0n) is 27.5. The molecule has 0 bridgehead atoms. The van der Waals surface area contributed by atoms with Crippen molar-refractivity contribution in [3.05, 3.63) is 118 Å². The van der Waals surface area contributed by atoms with Crippen LogP contribution in [0.2, 0.25) is 0 Å². The van der Waals surface area contributed by atoms with Gasteiger partial charge < -0.3 is 0 Å². The van der Waals surface area contributed by atoms with Crippen LogP contribution in [0.1, 0.15) is 114 Å². The third kappa shape index (κ3) is 11.5. The van der Waals surface area contributed by atoms with Crippen LogP contribution in [0.15, 0.2) is 118 Å². The Bertz CT molecular complexity index is 1150. The minimum atomic E-state index is 0.200. The Hall–Kier alpha value is -2.60. The van der Waals surface area contributed by atoms with Gasteiger partial charge in [-0.05, 0) is 96.5 Å². The first-order valence-electron chi connectivity index (χ1n) is 15.6. The SMILES string of the molecule is CC1=C(CC\C(C)=C/C=C\C(C)=C\C=C\C=C(/C)C=CCC(C)/C=C/C2=C(C)CCCC2(C)C)C(C)(C)C=CC1. The normalized spacial score (nSPS) is 21.7. The molecule has 1 atom stereocenters.